The third kappa shape index (κ3) is 3.19. The molecule has 1 aliphatic rings. The van der Waals surface area contributed by atoms with Gasteiger partial charge in [-0.1, -0.05) is 66.2 Å². The molecule has 0 unspecified atom stereocenters. The van der Waals surface area contributed by atoms with Crippen molar-refractivity contribution in [2.24, 2.45) is 0 Å². The van der Waals surface area contributed by atoms with Gasteiger partial charge in [0.1, 0.15) is 11.6 Å². The van der Waals surface area contributed by atoms with Gasteiger partial charge in [0.05, 0.1) is 11.6 Å². The average Bonchev–Trinajstić information content (AvgIpc) is 2.99. The first-order valence-corrected chi connectivity index (χ1v) is 9.41. The van der Waals surface area contributed by atoms with Crippen LogP contribution in [0, 0.1) is 6.92 Å². The van der Waals surface area contributed by atoms with E-state index in [-0.39, 0.29) is 11.3 Å². The molecule has 1 aromatic heterocycles. The first kappa shape index (κ1) is 18.9. The number of anilines is 1. The number of benzene rings is 2. The van der Waals surface area contributed by atoms with Crippen LogP contribution in [-0.4, -0.2) is 21.8 Å². The fourth-order valence-corrected chi connectivity index (χ4v) is 3.76. The lowest BCUT2D eigenvalue weighted by Gasteiger charge is -2.26. The molecule has 2 heterocycles. The predicted molar refractivity (Wildman–Crippen MR) is 112 cm³/mol. The number of nitrogens with zero attached hydrogens (tertiary/aromatic N) is 2. The van der Waals surface area contributed by atoms with Crippen LogP contribution in [0.25, 0.3) is 5.76 Å². The first-order chi connectivity index (χ1) is 14.0. The number of hydrogen-bond donors (Lipinski definition) is 1. The van der Waals surface area contributed by atoms with Gasteiger partial charge in [0, 0.05) is 16.8 Å². The quantitative estimate of drug-likeness (QED) is 0.391. The van der Waals surface area contributed by atoms with Gasteiger partial charge in [0.2, 0.25) is 0 Å². The normalized spacial score (nSPS) is 18.3. The van der Waals surface area contributed by atoms with Gasteiger partial charge in [-0.05, 0) is 30.2 Å². The van der Waals surface area contributed by atoms with Gasteiger partial charge in [0.15, 0.2) is 0 Å². The van der Waals surface area contributed by atoms with Crippen LogP contribution in [0.4, 0.5) is 5.82 Å². The lowest BCUT2D eigenvalue weighted by Crippen LogP contribution is -2.31. The minimum absolute atomic E-state index is 0.0145. The Morgan fingerprint density at radius 2 is 1.69 bits per heavy atom. The van der Waals surface area contributed by atoms with E-state index in [1.807, 2.05) is 13.0 Å². The summed E-state index contributed by atoms with van der Waals surface area (Å²) in [6.45, 7) is 1.81. The molecule has 1 saturated heterocycles. The van der Waals surface area contributed by atoms with E-state index >= 15 is 0 Å². The Hall–Kier alpha value is -3.44. The van der Waals surface area contributed by atoms with E-state index in [4.69, 9.17) is 11.6 Å². The third-order valence-corrected chi connectivity index (χ3v) is 5.25. The van der Waals surface area contributed by atoms with Crippen molar-refractivity contribution in [3.05, 3.63) is 100 Å². The lowest BCUT2D eigenvalue weighted by molar-refractivity contribution is -0.132. The van der Waals surface area contributed by atoms with E-state index in [1.165, 1.54) is 4.90 Å². The maximum atomic E-state index is 13.0. The molecule has 29 heavy (non-hydrogen) atoms. The number of pyridine rings is 1. The predicted octanol–water partition coefficient (Wildman–Crippen LogP) is 4.67. The number of hydrogen-bond acceptors (Lipinski definition) is 4. The Morgan fingerprint density at radius 3 is 2.38 bits per heavy atom. The minimum Gasteiger partial charge on any atom is -0.507 e. The smallest absolute Gasteiger partial charge is 0.301 e. The van der Waals surface area contributed by atoms with Crippen molar-refractivity contribution in [3.63, 3.8) is 0 Å². The number of carbonyl (C=O) groups is 2. The molecule has 3 aromatic rings. The Morgan fingerprint density at radius 1 is 1.00 bits per heavy atom. The zero-order chi connectivity index (χ0) is 20.5. The molecule has 1 fully saturated rings. The number of aliphatic hydroxyl groups excluding tert-OH is 1. The van der Waals surface area contributed by atoms with Crippen LogP contribution in [0.2, 0.25) is 5.02 Å². The van der Waals surface area contributed by atoms with Crippen molar-refractivity contribution < 1.29 is 14.7 Å². The topological polar surface area (TPSA) is 70.5 Å². The second-order valence-electron chi connectivity index (χ2n) is 6.70. The van der Waals surface area contributed by atoms with Crippen LogP contribution in [0.15, 0.2) is 78.5 Å². The highest BCUT2D eigenvalue weighted by Crippen LogP contribution is 2.44. The summed E-state index contributed by atoms with van der Waals surface area (Å²) in [6, 6.07) is 18.3. The number of aromatic nitrogens is 1. The van der Waals surface area contributed by atoms with E-state index in [1.54, 1.807) is 66.9 Å². The second-order valence-corrected chi connectivity index (χ2v) is 7.11. The Bertz CT molecular complexity index is 1140. The molecular weight excluding hydrogens is 388 g/mol. The molecule has 2 aromatic carbocycles. The van der Waals surface area contributed by atoms with Crippen LogP contribution >= 0.6 is 11.6 Å². The fraction of sp³-hybridized carbons (Fsp3) is 0.0870. The van der Waals surface area contributed by atoms with E-state index in [0.717, 1.165) is 5.56 Å². The van der Waals surface area contributed by atoms with Crippen molar-refractivity contribution in [3.8, 4) is 0 Å². The summed E-state index contributed by atoms with van der Waals surface area (Å²) < 4.78 is 0. The highest BCUT2D eigenvalue weighted by molar-refractivity contribution is 6.52. The van der Waals surface area contributed by atoms with Crippen molar-refractivity contribution in [1.82, 2.24) is 4.98 Å². The zero-order valence-corrected chi connectivity index (χ0v) is 16.3. The number of halogens is 1. The summed E-state index contributed by atoms with van der Waals surface area (Å²) in [6.07, 6.45) is 1.56. The fourth-order valence-electron chi connectivity index (χ4n) is 3.52. The van der Waals surface area contributed by atoms with Crippen LogP contribution in [0.3, 0.4) is 0 Å². The van der Waals surface area contributed by atoms with Crippen LogP contribution < -0.4 is 4.90 Å². The SMILES string of the molecule is Cc1cccnc1N1C(=O)C(=O)C(=C(O)c2ccccc2)[C@@H]1c1ccccc1Cl. The molecule has 1 aliphatic heterocycles. The zero-order valence-electron chi connectivity index (χ0n) is 15.5. The third-order valence-electron chi connectivity index (χ3n) is 4.90. The summed E-state index contributed by atoms with van der Waals surface area (Å²) in [7, 11) is 0. The molecule has 0 aliphatic carbocycles. The molecule has 0 spiro atoms. The number of aliphatic hydroxyl groups is 1. The number of Topliss-reactive ketones (excluding diaryl/α,β-unsaturated/α-hetero) is 1. The molecule has 0 saturated carbocycles. The molecule has 0 radical (unpaired) electrons. The summed E-state index contributed by atoms with van der Waals surface area (Å²) in [5, 5.41) is 11.4. The molecule has 144 valence electrons. The largest absolute Gasteiger partial charge is 0.507 e. The van der Waals surface area contributed by atoms with Crippen molar-refractivity contribution in [2.45, 2.75) is 13.0 Å². The number of carbonyl (C=O) groups excluding carboxylic acids is 2. The highest BCUT2D eigenvalue weighted by Gasteiger charge is 2.48. The van der Waals surface area contributed by atoms with Crippen LogP contribution in [-0.2, 0) is 9.59 Å². The summed E-state index contributed by atoms with van der Waals surface area (Å²) in [4.78, 5) is 31.7. The summed E-state index contributed by atoms with van der Waals surface area (Å²) >= 11 is 6.43. The van der Waals surface area contributed by atoms with Crippen molar-refractivity contribution >= 4 is 34.9 Å². The summed E-state index contributed by atoms with van der Waals surface area (Å²) in [5.74, 6) is -1.42. The van der Waals surface area contributed by atoms with E-state index in [9.17, 15) is 14.7 Å². The van der Waals surface area contributed by atoms with E-state index in [0.29, 0.717) is 22.0 Å². The van der Waals surface area contributed by atoms with Crippen LogP contribution in [0.5, 0.6) is 0 Å². The van der Waals surface area contributed by atoms with Gasteiger partial charge in [-0.3, -0.25) is 14.5 Å². The molecule has 4 rings (SSSR count). The number of ketones is 1. The van der Waals surface area contributed by atoms with Gasteiger partial charge in [0.25, 0.3) is 5.78 Å². The number of aryl methyl sites for hydroxylation is 1. The maximum absolute atomic E-state index is 13.0. The van der Waals surface area contributed by atoms with Gasteiger partial charge in [-0.15, -0.1) is 0 Å². The van der Waals surface area contributed by atoms with Gasteiger partial charge in [-0.2, -0.15) is 0 Å². The Labute approximate surface area is 172 Å². The van der Waals surface area contributed by atoms with Crippen molar-refractivity contribution in [1.29, 1.82) is 0 Å². The first-order valence-electron chi connectivity index (χ1n) is 9.03. The molecule has 1 N–H and O–H groups in total. The monoisotopic (exact) mass is 404 g/mol. The molecule has 1 amide bonds. The molecular formula is C23H17ClN2O3. The van der Waals surface area contributed by atoms with Gasteiger partial charge in [-0.25, -0.2) is 4.98 Å². The molecule has 1 atom stereocenters. The van der Waals surface area contributed by atoms with Gasteiger partial charge >= 0.3 is 5.91 Å². The molecule has 5 nitrogen and oxygen atoms in total. The second kappa shape index (κ2) is 7.53. The minimum atomic E-state index is -0.891. The van der Waals surface area contributed by atoms with Crippen LogP contribution in [0.1, 0.15) is 22.7 Å². The average molecular weight is 405 g/mol. The highest BCUT2D eigenvalue weighted by atomic mass is 35.5. The van der Waals surface area contributed by atoms with Gasteiger partial charge < -0.3 is 5.11 Å². The molecule has 0 bridgehead atoms. The molecule has 6 heteroatoms. The van der Waals surface area contributed by atoms with E-state index in [2.05, 4.69) is 4.98 Å². The lowest BCUT2D eigenvalue weighted by atomic mass is 9.95. The van der Waals surface area contributed by atoms with E-state index < -0.39 is 17.7 Å². The standard InChI is InChI=1S/C23H17ClN2O3/c1-14-8-7-13-25-22(14)26-19(16-11-5-6-12-17(16)24)18(21(28)23(26)29)20(27)15-9-3-2-4-10-15/h2-13,19,27H,1H3/t19-/m0/s1. The maximum Gasteiger partial charge on any atom is 0.301 e. The Balaban J connectivity index is 2.01. The van der Waals surface area contributed by atoms with Crippen molar-refractivity contribution in [2.75, 3.05) is 4.90 Å². The summed E-state index contributed by atoms with van der Waals surface area (Å²) in [5.41, 5.74) is 1.70. The number of amides is 1. The Kier molecular flexibility index (Phi) is 4.91. The number of rotatable bonds is 3.